The van der Waals surface area contributed by atoms with E-state index in [0.29, 0.717) is 36.8 Å². The zero-order valence-corrected chi connectivity index (χ0v) is 14.7. The molecule has 0 unspecified atom stereocenters. The molecule has 1 heterocycles. The van der Waals surface area contributed by atoms with Crippen LogP contribution in [0.25, 0.3) is 0 Å². The van der Waals surface area contributed by atoms with Gasteiger partial charge in [-0.2, -0.15) is 0 Å². The number of rotatable bonds is 8. The number of nitrogens with one attached hydrogen (secondary N) is 1. The van der Waals surface area contributed by atoms with Crippen LogP contribution in [0, 0.1) is 0 Å². The van der Waals surface area contributed by atoms with Crippen molar-refractivity contribution in [1.82, 2.24) is 9.88 Å². The van der Waals surface area contributed by atoms with Gasteiger partial charge in [-0.25, -0.2) is 0 Å². The number of benzene rings is 1. The summed E-state index contributed by atoms with van der Waals surface area (Å²) in [6, 6.07) is 9.20. The second-order valence-corrected chi connectivity index (χ2v) is 5.90. The van der Waals surface area contributed by atoms with E-state index in [1.54, 1.807) is 18.5 Å². The maximum atomic E-state index is 12.0. The maximum Gasteiger partial charge on any atom is 0.225 e. The molecule has 1 aromatic heterocycles. The molecule has 0 saturated carbocycles. The zero-order valence-electron chi connectivity index (χ0n) is 14.0. The standard InChI is InChI=1S/C18H22ClN3O2/c1-3-24-17-7-6-15(19)11-14(17)13-22(2)10-8-18(23)21-16-5-4-9-20-12-16/h4-7,9,11-12H,3,8,10,13H2,1-2H3,(H,21,23). The molecule has 0 spiro atoms. The SMILES string of the molecule is CCOc1ccc(Cl)cc1CN(C)CCC(=O)Nc1cccnc1. The largest absolute Gasteiger partial charge is 0.494 e. The molecule has 0 radical (unpaired) electrons. The molecule has 0 saturated heterocycles. The van der Waals surface area contributed by atoms with Crippen molar-refractivity contribution in [1.29, 1.82) is 0 Å². The molecule has 0 atom stereocenters. The van der Waals surface area contributed by atoms with Gasteiger partial charge in [0, 0.05) is 36.3 Å². The Balaban J connectivity index is 1.86. The summed E-state index contributed by atoms with van der Waals surface area (Å²) < 4.78 is 5.63. The molecule has 128 valence electrons. The van der Waals surface area contributed by atoms with Gasteiger partial charge in [-0.3, -0.25) is 9.78 Å². The smallest absolute Gasteiger partial charge is 0.225 e. The van der Waals surface area contributed by atoms with Crippen LogP contribution < -0.4 is 10.1 Å². The molecule has 6 heteroatoms. The van der Waals surface area contributed by atoms with Crippen molar-refractivity contribution in [2.45, 2.75) is 19.9 Å². The first-order valence-electron chi connectivity index (χ1n) is 7.88. The Kier molecular flexibility index (Phi) is 7.03. The third-order valence-electron chi connectivity index (χ3n) is 3.43. The van der Waals surface area contributed by atoms with Crippen molar-refractivity contribution in [3.05, 3.63) is 53.3 Å². The quantitative estimate of drug-likeness (QED) is 0.792. The second-order valence-electron chi connectivity index (χ2n) is 5.46. The number of anilines is 1. The fourth-order valence-electron chi connectivity index (χ4n) is 2.29. The van der Waals surface area contributed by atoms with Gasteiger partial charge in [-0.15, -0.1) is 0 Å². The van der Waals surface area contributed by atoms with Gasteiger partial charge in [-0.1, -0.05) is 11.6 Å². The summed E-state index contributed by atoms with van der Waals surface area (Å²) >= 11 is 6.07. The fraction of sp³-hybridized carbons (Fsp3) is 0.333. The molecule has 0 aliphatic heterocycles. The number of carbonyl (C=O) groups excluding carboxylic acids is 1. The van der Waals surface area contributed by atoms with Gasteiger partial charge >= 0.3 is 0 Å². The average Bonchev–Trinajstić information content (AvgIpc) is 2.56. The molecule has 0 aliphatic rings. The molecular weight excluding hydrogens is 326 g/mol. The number of nitrogens with zero attached hydrogens (tertiary/aromatic N) is 2. The lowest BCUT2D eigenvalue weighted by Gasteiger charge is -2.19. The highest BCUT2D eigenvalue weighted by Crippen LogP contribution is 2.24. The topological polar surface area (TPSA) is 54.5 Å². The Morgan fingerprint density at radius 1 is 1.38 bits per heavy atom. The van der Waals surface area contributed by atoms with Crippen LogP contribution in [0.3, 0.4) is 0 Å². The van der Waals surface area contributed by atoms with Crippen LogP contribution in [0.15, 0.2) is 42.7 Å². The monoisotopic (exact) mass is 347 g/mol. The predicted octanol–water partition coefficient (Wildman–Crippen LogP) is 3.59. The van der Waals surface area contributed by atoms with Gasteiger partial charge in [0.05, 0.1) is 18.5 Å². The molecular formula is C18H22ClN3O2. The average molecular weight is 348 g/mol. The summed E-state index contributed by atoms with van der Waals surface area (Å²) in [5.74, 6) is 0.791. The van der Waals surface area contributed by atoms with Crippen molar-refractivity contribution >= 4 is 23.2 Å². The molecule has 0 bridgehead atoms. The Morgan fingerprint density at radius 3 is 2.92 bits per heavy atom. The highest BCUT2D eigenvalue weighted by Gasteiger charge is 2.10. The highest BCUT2D eigenvalue weighted by atomic mass is 35.5. The molecule has 2 aromatic rings. The minimum Gasteiger partial charge on any atom is -0.494 e. The van der Waals surface area contributed by atoms with E-state index in [1.807, 2.05) is 38.2 Å². The first-order chi connectivity index (χ1) is 11.6. The Labute approximate surface area is 147 Å². The van der Waals surface area contributed by atoms with Crippen LogP contribution in [-0.2, 0) is 11.3 Å². The molecule has 1 N–H and O–H groups in total. The molecule has 0 aliphatic carbocycles. The van der Waals surface area contributed by atoms with Gasteiger partial charge in [0.25, 0.3) is 0 Å². The summed E-state index contributed by atoms with van der Waals surface area (Å²) in [6.07, 6.45) is 3.70. The van der Waals surface area contributed by atoms with Crippen molar-refractivity contribution in [3.8, 4) is 5.75 Å². The van der Waals surface area contributed by atoms with Crippen molar-refractivity contribution < 1.29 is 9.53 Å². The van der Waals surface area contributed by atoms with E-state index < -0.39 is 0 Å². The first-order valence-corrected chi connectivity index (χ1v) is 8.26. The van der Waals surface area contributed by atoms with Crippen molar-refractivity contribution in [3.63, 3.8) is 0 Å². The minimum absolute atomic E-state index is 0.0361. The fourth-order valence-corrected chi connectivity index (χ4v) is 2.49. The van der Waals surface area contributed by atoms with Crippen molar-refractivity contribution in [2.75, 3.05) is 25.5 Å². The number of halogens is 1. The van der Waals surface area contributed by atoms with Crippen LogP contribution >= 0.6 is 11.6 Å². The lowest BCUT2D eigenvalue weighted by atomic mass is 10.2. The first kappa shape index (κ1) is 18.2. The molecule has 2 rings (SSSR count). The van der Waals surface area contributed by atoms with E-state index in [-0.39, 0.29) is 5.91 Å². The second kappa shape index (κ2) is 9.25. The minimum atomic E-state index is -0.0361. The van der Waals surface area contributed by atoms with Gasteiger partial charge in [0.2, 0.25) is 5.91 Å². The van der Waals surface area contributed by atoms with Crippen LogP contribution in [0.2, 0.25) is 5.02 Å². The summed E-state index contributed by atoms with van der Waals surface area (Å²) in [4.78, 5) is 18.0. The van der Waals surface area contributed by atoms with Gasteiger partial charge in [0.1, 0.15) is 5.75 Å². The van der Waals surface area contributed by atoms with E-state index in [4.69, 9.17) is 16.3 Å². The maximum absolute atomic E-state index is 12.0. The van der Waals surface area contributed by atoms with Crippen LogP contribution in [0.1, 0.15) is 18.9 Å². The predicted molar refractivity (Wildman–Crippen MR) is 96.4 cm³/mol. The third kappa shape index (κ3) is 5.83. The lowest BCUT2D eigenvalue weighted by Crippen LogP contribution is -2.24. The van der Waals surface area contributed by atoms with E-state index in [0.717, 1.165) is 11.3 Å². The van der Waals surface area contributed by atoms with Gasteiger partial charge in [0.15, 0.2) is 0 Å². The molecule has 0 fully saturated rings. The summed E-state index contributed by atoms with van der Waals surface area (Å²) in [7, 11) is 1.97. The number of pyridine rings is 1. The number of amides is 1. The van der Waals surface area contributed by atoms with Gasteiger partial charge < -0.3 is 15.0 Å². The normalized spacial score (nSPS) is 10.7. The zero-order chi connectivity index (χ0) is 17.4. The molecule has 5 nitrogen and oxygen atoms in total. The number of hydrogen-bond acceptors (Lipinski definition) is 4. The van der Waals surface area contributed by atoms with E-state index in [1.165, 1.54) is 0 Å². The number of ether oxygens (including phenoxy) is 1. The van der Waals surface area contributed by atoms with Crippen molar-refractivity contribution in [2.24, 2.45) is 0 Å². The van der Waals surface area contributed by atoms with Crippen LogP contribution in [0.4, 0.5) is 5.69 Å². The van der Waals surface area contributed by atoms with E-state index >= 15 is 0 Å². The summed E-state index contributed by atoms with van der Waals surface area (Å²) in [5.41, 5.74) is 1.72. The molecule has 1 aromatic carbocycles. The molecule has 24 heavy (non-hydrogen) atoms. The molecule has 1 amide bonds. The Morgan fingerprint density at radius 2 is 2.21 bits per heavy atom. The lowest BCUT2D eigenvalue weighted by molar-refractivity contribution is -0.116. The highest BCUT2D eigenvalue weighted by molar-refractivity contribution is 6.30. The number of hydrogen-bond donors (Lipinski definition) is 1. The van der Waals surface area contributed by atoms with Crippen LogP contribution in [-0.4, -0.2) is 36.0 Å². The number of carbonyl (C=O) groups is 1. The summed E-state index contributed by atoms with van der Waals surface area (Å²) in [5, 5.41) is 3.51. The third-order valence-corrected chi connectivity index (χ3v) is 3.66. The summed E-state index contributed by atoms with van der Waals surface area (Å²) in [6.45, 7) is 3.84. The van der Waals surface area contributed by atoms with E-state index in [2.05, 4.69) is 15.2 Å². The van der Waals surface area contributed by atoms with Crippen LogP contribution in [0.5, 0.6) is 5.75 Å². The number of aromatic nitrogens is 1. The Bertz CT molecular complexity index is 665. The Hall–Kier alpha value is -2.11. The van der Waals surface area contributed by atoms with Gasteiger partial charge in [-0.05, 0) is 44.3 Å². The van der Waals surface area contributed by atoms with E-state index in [9.17, 15) is 4.79 Å².